The highest BCUT2D eigenvalue weighted by atomic mass is 32.2. The van der Waals surface area contributed by atoms with E-state index in [0.29, 0.717) is 16.8 Å². The number of benzene rings is 1. The fourth-order valence-corrected chi connectivity index (χ4v) is 2.38. The minimum Gasteiger partial charge on any atom is -0.497 e. The molecule has 0 spiro atoms. The lowest BCUT2D eigenvalue weighted by Gasteiger charge is -2.12. The molecule has 0 saturated carbocycles. The van der Waals surface area contributed by atoms with E-state index in [-0.39, 0.29) is 12.1 Å². The Balaban J connectivity index is 2.34. The van der Waals surface area contributed by atoms with Crippen molar-refractivity contribution in [2.75, 3.05) is 21.2 Å². The van der Waals surface area contributed by atoms with Gasteiger partial charge in [0, 0.05) is 32.3 Å². The average Bonchev–Trinajstić information content (AvgIpc) is 2.44. The second-order valence-corrected chi connectivity index (χ2v) is 6.65. The Morgan fingerprint density at radius 2 is 2.00 bits per heavy atom. The van der Waals surface area contributed by atoms with Crippen LogP contribution in [-0.4, -0.2) is 38.9 Å². The predicted octanol–water partition coefficient (Wildman–Crippen LogP) is 0.433. The van der Waals surface area contributed by atoms with Crippen molar-refractivity contribution in [3.8, 4) is 5.75 Å². The summed E-state index contributed by atoms with van der Waals surface area (Å²) in [5, 5.41) is 0.800. The molecule has 8 heteroatoms. The van der Waals surface area contributed by atoms with Crippen molar-refractivity contribution >= 4 is 21.1 Å². The Bertz CT molecular complexity index is 812. The van der Waals surface area contributed by atoms with Gasteiger partial charge in [-0.2, -0.15) is 17.4 Å². The first-order valence-corrected chi connectivity index (χ1v) is 7.64. The number of pyridine rings is 1. The summed E-state index contributed by atoms with van der Waals surface area (Å²) in [6.45, 7) is -0.0716. The summed E-state index contributed by atoms with van der Waals surface area (Å²) >= 11 is 0. The SMILES string of the molecule is COc1ccc2cc(CNS(=O)(=O)N(C)C)c(=O)[nH]c2c1. The molecule has 0 atom stereocenters. The van der Waals surface area contributed by atoms with Crippen LogP contribution in [0.25, 0.3) is 10.9 Å². The van der Waals surface area contributed by atoms with Crippen LogP contribution >= 0.6 is 0 Å². The molecule has 0 bridgehead atoms. The number of hydrogen-bond acceptors (Lipinski definition) is 4. The Labute approximate surface area is 122 Å². The quantitative estimate of drug-likeness (QED) is 0.838. The molecule has 1 aromatic heterocycles. The van der Waals surface area contributed by atoms with Crippen LogP contribution in [-0.2, 0) is 16.8 Å². The highest BCUT2D eigenvalue weighted by molar-refractivity contribution is 7.87. The van der Waals surface area contributed by atoms with E-state index in [2.05, 4.69) is 9.71 Å². The van der Waals surface area contributed by atoms with Crippen LogP contribution < -0.4 is 15.0 Å². The van der Waals surface area contributed by atoms with Crippen LogP contribution in [0, 0.1) is 0 Å². The standard InChI is InChI=1S/C13H17N3O4S/c1-16(2)21(18,19)14-8-10-6-9-4-5-11(20-3)7-12(9)15-13(10)17/h4-7,14H,8H2,1-3H3,(H,15,17). The van der Waals surface area contributed by atoms with Crippen molar-refractivity contribution in [2.24, 2.45) is 0 Å². The van der Waals surface area contributed by atoms with Crippen LogP contribution in [0.5, 0.6) is 5.75 Å². The number of nitrogens with one attached hydrogen (secondary N) is 2. The van der Waals surface area contributed by atoms with Gasteiger partial charge in [-0.15, -0.1) is 0 Å². The first kappa shape index (κ1) is 15.5. The Morgan fingerprint density at radius 3 is 2.62 bits per heavy atom. The molecule has 114 valence electrons. The fraction of sp³-hybridized carbons (Fsp3) is 0.308. The maximum Gasteiger partial charge on any atom is 0.279 e. The lowest BCUT2D eigenvalue weighted by Crippen LogP contribution is -2.36. The summed E-state index contributed by atoms with van der Waals surface area (Å²) in [4.78, 5) is 14.7. The Morgan fingerprint density at radius 1 is 1.29 bits per heavy atom. The maximum absolute atomic E-state index is 12.0. The summed E-state index contributed by atoms with van der Waals surface area (Å²) in [7, 11) is 0.811. The lowest BCUT2D eigenvalue weighted by atomic mass is 10.1. The largest absolute Gasteiger partial charge is 0.497 e. The molecule has 0 fully saturated rings. The van der Waals surface area contributed by atoms with Gasteiger partial charge in [-0.1, -0.05) is 0 Å². The first-order chi connectivity index (χ1) is 9.83. The maximum atomic E-state index is 12.0. The highest BCUT2D eigenvalue weighted by Gasteiger charge is 2.13. The molecule has 0 radical (unpaired) electrons. The molecule has 2 aromatic rings. The monoisotopic (exact) mass is 311 g/mol. The normalized spacial score (nSPS) is 12.0. The van der Waals surface area contributed by atoms with E-state index in [1.165, 1.54) is 14.1 Å². The molecule has 0 aliphatic rings. The van der Waals surface area contributed by atoms with E-state index in [1.54, 1.807) is 31.4 Å². The zero-order chi connectivity index (χ0) is 15.6. The number of fused-ring (bicyclic) bond motifs is 1. The molecule has 2 rings (SSSR count). The molecule has 2 N–H and O–H groups in total. The molecule has 1 aromatic carbocycles. The number of H-pyrrole nitrogens is 1. The summed E-state index contributed by atoms with van der Waals surface area (Å²) in [5.41, 5.74) is 0.647. The Kier molecular flexibility index (Phi) is 4.31. The van der Waals surface area contributed by atoms with E-state index in [1.807, 2.05) is 0 Å². The second kappa shape index (κ2) is 5.84. The molecular weight excluding hydrogens is 294 g/mol. The fourth-order valence-electron chi connectivity index (χ4n) is 1.78. The minimum atomic E-state index is -3.57. The second-order valence-electron chi connectivity index (χ2n) is 4.69. The number of rotatable bonds is 5. The van der Waals surface area contributed by atoms with Gasteiger partial charge in [0.2, 0.25) is 0 Å². The lowest BCUT2D eigenvalue weighted by molar-refractivity contribution is 0.415. The van der Waals surface area contributed by atoms with E-state index in [0.717, 1.165) is 9.69 Å². The average molecular weight is 311 g/mol. The molecule has 7 nitrogen and oxygen atoms in total. The number of aromatic nitrogens is 1. The number of methoxy groups -OCH3 is 1. The zero-order valence-corrected chi connectivity index (χ0v) is 12.8. The summed E-state index contributed by atoms with van der Waals surface area (Å²) in [5.74, 6) is 0.638. The third-order valence-electron chi connectivity index (χ3n) is 3.06. The van der Waals surface area contributed by atoms with E-state index >= 15 is 0 Å². The molecule has 0 unspecified atom stereocenters. The van der Waals surface area contributed by atoms with Crippen LogP contribution in [0.3, 0.4) is 0 Å². The number of nitrogens with zero attached hydrogens (tertiary/aromatic N) is 1. The summed E-state index contributed by atoms with van der Waals surface area (Å²) in [6, 6.07) is 6.94. The summed E-state index contributed by atoms with van der Waals surface area (Å²) < 4.78 is 31.8. The van der Waals surface area contributed by atoms with Crippen molar-refractivity contribution in [3.05, 3.63) is 40.2 Å². The van der Waals surface area contributed by atoms with Gasteiger partial charge in [0.25, 0.3) is 15.8 Å². The van der Waals surface area contributed by atoms with Crippen molar-refractivity contribution in [3.63, 3.8) is 0 Å². The molecule has 0 amide bonds. The van der Waals surface area contributed by atoms with Crippen molar-refractivity contribution in [2.45, 2.75) is 6.54 Å². The Hall–Kier alpha value is -1.90. The van der Waals surface area contributed by atoms with Crippen LogP contribution in [0.1, 0.15) is 5.56 Å². The van der Waals surface area contributed by atoms with Gasteiger partial charge >= 0.3 is 0 Å². The van der Waals surface area contributed by atoms with Crippen LogP contribution in [0.15, 0.2) is 29.1 Å². The van der Waals surface area contributed by atoms with Gasteiger partial charge in [-0.05, 0) is 23.6 Å². The molecule has 0 aliphatic carbocycles. The van der Waals surface area contributed by atoms with E-state index < -0.39 is 10.2 Å². The highest BCUT2D eigenvalue weighted by Crippen LogP contribution is 2.18. The van der Waals surface area contributed by atoms with E-state index in [9.17, 15) is 13.2 Å². The molecule has 0 saturated heterocycles. The van der Waals surface area contributed by atoms with E-state index in [4.69, 9.17) is 4.74 Å². The summed E-state index contributed by atoms with van der Waals surface area (Å²) in [6.07, 6.45) is 0. The minimum absolute atomic E-state index is 0.0716. The first-order valence-electron chi connectivity index (χ1n) is 6.20. The number of ether oxygens (including phenoxy) is 1. The van der Waals surface area contributed by atoms with Crippen LogP contribution in [0.4, 0.5) is 0 Å². The zero-order valence-electron chi connectivity index (χ0n) is 12.0. The van der Waals surface area contributed by atoms with Gasteiger partial charge in [-0.3, -0.25) is 4.79 Å². The van der Waals surface area contributed by atoms with Gasteiger partial charge in [0.15, 0.2) is 0 Å². The van der Waals surface area contributed by atoms with Crippen molar-refractivity contribution in [1.82, 2.24) is 14.0 Å². The van der Waals surface area contributed by atoms with Gasteiger partial charge in [0.1, 0.15) is 5.75 Å². The smallest absolute Gasteiger partial charge is 0.279 e. The third-order valence-corrected chi connectivity index (χ3v) is 4.53. The van der Waals surface area contributed by atoms with Crippen molar-refractivity contribution in [1.29, 1.82) is 0 Å². The van der Waals surface area contributed by atoms with Gasteiger partial charge in [0.05, 0.1) is 12.6 Å². The molecule has 21 heavy (non-hydrogen) atoms. The number of hydrogen-bond donors (Lipinski definition) is 2. The topological polar surface area (TPSA) is 91.5 Å². The van der Waals surface area contributed by atoms with Gasteiger partial charge < -0.3 is 9.72 Å². The van der Waals surface area contributed by atoms with Gasteiger partial charge in [-0.25, -0.2) is 0 Å². The molecule has 1 heterocycles. The number of aromatic amines is 1. The molecule has 0 aliphatic heterocycles. The third kappa shape index (κ3) is 3.41. The van der Waals surface area contributed by atoms with Crippen LogP contribution in [0.2, 0.25) is 0 Å². The molecular formula is C13H17N3O4S. The van der Waals surface area contributed by atoms with Crippen molar-refractivity contribution < 1.29 is 13.2 Å². The predicted molar refractivity (Wildman–Crippen MR) is 80.6 cm³/mol.